The minimum atomic E-state index is -0.758. The number of aryl methyl sites for hydroxylation is 1. The van der Waals surface area contributed by atoms with Crippen LogP contribution in [0.3, 0.4) is 0 Å². The number of aliphatic imine (C=N–C) groups is 1. The third-order valence-corrected chi connectivity index (χ3v) is 5.67. The molecule has 1 atom stereocenters. The maximum Gasteiger partial charge on any atom is 0.257 e. The van der Waals surface area contributed by atoms with E-state index in [0.29, 0.717) is 24.8 Å². The molecule has 152 valence electrons. The quantitative estimate of drug-likeness (QED) is 0.833. The molecule has 29 heavy (non-hydrogen) atoms. The van der Waals surface area contributed by atoms with Crippen LogP contribution in [0, 0.1) is 5.92 Å². The lowest BCUT2D eigenvalue weighted by Gasteiger charge is -2.24. The summed E-state index contributed by atoms with van der Waals surface area (Å²) in [6, 6.07) is 14.7. The van der Waals surface area contributed by atoms with Gasteiger partial charge in [0.15, 0.2) is 5.96 Å². The molecule has 0 radical (unpaired) electrons. The van der Waals surface area contributed by atoms with Gasteiger partial charge in [0, 0.05) is 0 Å². The van der Waals surface area contributed by atoms with Gasteiger partial charge in [-0.2, -0.15) is 0 Å². The van der Waals surface area contributed by atoms with Crippen molar-refractivity contribution < 1.29 is 9.53 Å². The van der Waals surface area contributed by atoms with Crippen molar-refractivity contribution in [3.8, 4) is 16.9 Å². The molecule has 2 heterocycles. The van der Waals surface area contributed by atoms with Crippen LogP contribution in [0.25, 0.3) is 11.1 Å². The van der Waals surface area contributed by atoms with Crippen LogP contribution in [0.15, 0.2) is 47.5 Å². The van der Waals surface area contributed by atoms with Gasteiger partial charge >= 0.3 is 0 Å². The van der Waals surface area contributed by atoms with Gasteiger partial charge < -0.3 is 10.5 Å². The second kappa shape index (κ2) is 7.54. The molecule has 5 nitrogen and oxygen atoms in total. The maximum atomic E-state index is 13.0. The van der Waals surface area contributed by atoms with Crippen LogP contribution in [0.2, 0.25) is 0 Å². The average molecular weight is 392 g/mol. The Kier molecular flexibility index (Phi) is 5.07. The van der Waals surface area contributed by atoms with E-state index in [1.165, 1.54) is 5.56 Å². The Morgan fingerprint density at radius 1 is 1.21 bits per heavy atom. The van der Waals surface area contributed by atoms with E-state index in [0.717, 1.165) is 41.9 Å². The number of nitrogens with two attached hydrogens (primary N) is 1. The van der Waals surface area contributed by atoms with Crippen LogP contribution in [-0.4, -0.2) is 28.9 Å². The Hall–Kier alpha value is -2.82. The van der Waals surface area contributed by atoms with Crippen LogP contribution in [0.4, 0.5) is 0 Å². The highest BCUT2D eigenvalue weighted by Crippen LogP contribution is 2.32. The van der Waals surface area contributed by atoms with Gasteiger partial charge in [-0.3, -0.25) is 9.69 Å². The van der Waals surface area contributed by atoms with Crippen molar-refractivity contribution in [1.82, 2.24) is 4.90 Å². The van der Waals surface area contributed by atoms with Gasteiger partial charge in [-0.15, -0.1) is 0 Å². The molecule has 0 spiro atoms. The molecule has 0 aromatic heterocycles. The predicted molar refractivity (Wildman–Crippen MR) is 116 cm³/mol. The predicted octanol–water partition coefficient (Wildman–Crippen LogP) is 4.14. The Morgan fingerprint density at radius 3 is 2.79 bits per heavy atom. The van der Waals surface area contributed by atoms with E-state index in [9.17, 15) is 4.79 Å². The summed E-state index contributed by atoms with van der Waals surface area (Å²) in [6.07, 6.45) is 2.84. The second-order valence-corrected chi connectivity index (χ2v) is 8.71. The van der Waals surface area contributed by atoms with Crippen LogP contribution >= 0.6 is 0 Å². The molecule has 0 saturated heterocycles. The third kappa shape index (κ3) is 3.86. The van der Waals surface area contributed by atoms with Crippen molar-refractivity contribution >= 4 is 11.9 Å². The molecule has 2 aliphatic rings. The number of hydrogen-bond donors (Lipinski definition) is 1. The fourth-order valence-corrected chi connectivity index (χ4v) is 4.39. The molecule has 2 aromatic rings. The number of nitrogens with zero attached hydrogens (tertiary/aromatic N) is 2. The fourth-order valence-electron chi connectivity index (χ4n) is 4.39. The summed E-state index contributed by atoms with van der Waals surface area (Å²) in [4.78, 5) is 19.1. The molecule has 0 aliphatic carbocycles. The molecule has 4 rings (SSSR count). The largest absolute Gasteiger partial charge is 0.493 e. The summed E-state index contributed by atoms with van der Waals surface area (Å²) in [5, 5.41) is 0. The number of rotatable bonds is 5. The average Bonchev–Trinajstić information content (AvgIpc) is 2.90. The molecule has 0 bridgehead atoms. The number of guanidine groups is 1. The molecule has 0 fully saturated rings. The van der Waals surface area contributed by atoms with Gasteiger partial charge in [-0.1, -0.05) is 44.2 Å². The number of benzene rings is 2. The van der Waals surface area contributed by atoms with E-state index in [-0.39, 0.29) is 5.91 Å². The Labute approximate surface area is 172 Å². The zero-order valence-corrected chi connectivity index (χ0v) is 17.4. The smallest absolute Gasteiger partial charge is 0.257 e. The lowest BCUT2D eigenvalue weighted by atomic mass is 9.91. The zero-order valence-electron chi connectivity index (χ0n) is 17.4. The molecule has 2 aromatic carbocycles. The number of hydrogen-bond acceptors (Lipinski definition) is 4. The summed E-state index contributed by atoms with van der Waals surface area (Å²) in [5.74, 6) is 1.65. The van der Waals surface area contributed by atoms with Crippen molar-refractivity contribution in [3.05, 3.63) is 53.6 Å². The first-order valence-corrected chi connectivity index (χ1v) is 10.4. The van der Waals surface area contributed by atoms with Crippen molar-refractivity contribution in [2.45, 2.75) is 52.1 Å². The monoisotopic (exact) mass is 391 g/mol. The summed E-state index contributed by atoms with van der Waals surface area (Å²) < 4.78 is 5.82. The van der Waals surface area contributed by atoms with Crippen LogP contribution in [0.1, 0.15) is 44.7 Å². The number of carbonyl (C=O) groups excluding carboxylic acids is 1. The van der Waals surface area contributed by atoms with Crippen LogP contribution in [0.5, 0.6) is 5.75 Å². The minimum Gasteiger partial charge on any atom is -0.493 e. The molecule has 2 aliphatic heterocycles. The lowest BCUT2D eigenvalue weighted by Crippen LogP contribution is -2.43. The highest BCUT2D eigenvalue weighted by molar-refractivity contribution is 6.06. The van der Waals surface area contributed by atoms with Crippen molar-refractivity contribution in [2.75, 3.05) is 6.61 Å². The van der Waals surface area contributed by atoms with Gasteiger partial charge in [-0.25, -0.2) is 4.99 Å². The minimum absolute atomic E-state index is 0.0173. The van der Waals surface area contributed by atoms with Crippen LogP contribution in [-0.2, 0) is 17.8 Å². The number of carbonyl (C=O) groups is 1. The van der Waals surface area contributed by atoms with E-state index < -0.39 is 5.54 Å². The first kappa shape index (κ1) is 19.5. The van der Waals surface area contributed by atoms with E-state index >= 15 is 0 Å². The molecule has 2 N–H and O–H groups in total. The Balaban J connectivity index is 1.56. The van der Waals surface area contributed by atoms with Crippen molar-refractivity contribution in [1.29, 1.82) is 0 Å². The maximum absolute atomic E-state index is 13.0. The zero-order chi connectivity index (χ0) is 20.6. The highest BCUT2D eigenvalue weighted by Gasteiger charge is 2.44. The Morgan fingerprint density at radius 2 is 2.00 bits per heavy atom. The number of fused-ring (bicyclic) bond motifs is 1. The summed E-state index contributed by atoms with van der Waals surface area (Å²) in [5.41, 5.74) is 9.89. The second-order valence-electron chi connectivity index (χ2n) is 8.71. The first-order chi connectivity index (χ1) is 13.9. The summed E-state index contributed by atoms with van der Waals surface area (Å²) >= 11 is 0. The van der Waals surface area contributed by atoms with Gasteiger partial charge in [0.25, 0.3) is 5.91 Å². The topological polar surface area (TPSA) is 67.9 Å². The van der Waals surface area contributed by atoms with Crippen LogP contribution < -0.4 is 10.5 Å². The van der Waals surface area contributed by atoms with E-state index in [2.05, 4.69) is 49.2 Å². The van der Waals surface area contributed by atoms with E-state index in [4.69, 9.17) is 10.5 Å². The molecule has 5 heteroatoms. The molecule has 1 amide bonds. The lowest BCUT2D eigenvalue weighted by molar-refractivity contribution is -0.131. The SMILES string of the molecule is CC(C)CC1(C)N=C(N)N(Cc2cccc(-c3ccc4c(c3)OCCC4)c2)C1=O. The molecular formula is C24H29N3O2. The van der Waals surface area contributed by atoms with Gasteiger partial charge in [0.2, 0.25) is 0 Å². The van der Waals surface area contributed by atoms with E-state index in [1.54, 1.807) is 4.90 Å². The van der Waals surface area contributed by atoms with Gasteiger partial charge in [0.05, 0.1) is 13.2 Å². The van der Waals surface area contributed by atoms with Crippen molar-refractivity contribution in [3.63, 3.8) is 0 Å². The normalized spacial score (nSPS) is 21.2. The molecular weight excluding hydrogens is 362 g/mol. The van der Waals surface area contributed by atoms with Gasteiger partial charge in [-0.05, 0) is 66.5 Å². The number of ether oxygens (including phenoxy) is 1. The first-order valence-electron chi connectivity index (χ1n) is 10.4. The summed E-state index contributed by atoms with van der Waals surface area (Å²) in [7, 11) is 0. The standard InChI is InChI=1S/C24H29N3O2/c1-16(2)14-24(3)22(28)27(23(25)26-24)15-17-6-4-7-19(12-17)20-10-9-18-8-5-11-29-21(18)13-20/h4,6-7,9-10,12-13,16H,5,8,11,14-15H2,1-3H3,(H2,25,26). The molecule has 1 unspecified atom stereocenters. The highest BCUT2D eigenvalue weighted by atomic mass is 16.5. The van der Waals surface area contributed by atoms with E-state index in [1.807, 2.05) is 19.1 Å². The third-order valence-electron chi connectivity index (χ3n) is 5.67. The van der Waals surface area contributed by atoms with Crippen molar-refractivity contribution in [2.24, 2.45) is 16.6 Å². The molecule has 0 saturated carbocycles. The van der Waals surface area contributed by atoms with Gasteiger partial charge in [0.1, 0.15) is 11.3 Å². The fraction of sp³-hybridized carbons (Fsp3) is 0.417. The number of amides is 1. The summed E-state index contributed by atoms with van der Waals surface area (Å²) in [6.45, 7) is 7.28. The Bertz CT molecular complexity index is 966.